The van der Waals surface area contributed by atoms with Crippen LogP contribution in [0.1, 0.15) is 63.9 Å². The highest BCUT2D eigenvalue weighted by atomic mass is 35.5. The van der Waals surface area contributed by atoms with Crippen LogP contribution in [0.3, 0.4) is 0 Å². The van der Waals surface area contributed by atoms with E-state index in [4.69, 9.17) is 26.2 Å². The van der Waals surface area contributed by atoms with Gasteiger partial charge < -0.3 is 45.2 Å². The first-order valence-corrected chi connectivity index (χ1v) is 18.7. The predicted molar refractivity (Wildman–Crippen MR) is 186 cm³/mol. The van der Waals surface area contributed by atoms with E-state index in [0.717, 1.165) is 51.6 Å². The van der Waals surface area contributed by atoms with Crippen LogP contribution in [-0.2, 0) is 16.0 Å². The van der Waals surface area contributed by atoms with Crippen LogP contribution in [0.2, 0.25) is 0 Å². The standard InChI is InChI=1S/C36H58ClFN4O8/c1-34(36(40-34)11-3-6-30(36)37)42-13-9-24(10-14-42)5-4-16-50-26-8-7-25(27(38)18-26)17-31(46)41-15-12-35(22-41,23-49-2)21-39-19-28(44)32(47)33(48)29(45)20-43/h7-8,18,24,28-30,32-33,39-40,43-45,47-48H,3-6,9-17,19-23H2,1-2H3/t28-,29?,30?,32+,33+,34?,35?,36?/m0/s1. The SMILES string of the molecule is COCC1(CNC[C@H](O)[C@@H](O)[C@H](O)C(O)CO)CCN(C(=O)Cc2ccc(OCCCC3CCN(C4(C)NC45CCCC5Cl)CC3)cc2F)C1. The second-order valence-electron chi connectivity index (χ2n) is 15.3. The Morgan fingerprint density at radius 3 is 2.52 bits per heavy atom. The molecule has 0 radical (unpaired) electrons. The van der Waals surface area contributed by atoms with Gasteiger partial charge in [-0.15, -0.1) is 11.6 Å². The lowest BCUT2D eigenvalue weighted by Gasteiger charge is -2.37. The van der Waals surface area contributed by atoms with Crippen molar-refractivity contribution in [2.45, 2.75) is 106 Å². The Morgan fingerprint density at radius 2 is 1.86 bits per heavy atom. The van der Waals surface area contributed by atoms with E-state index in [2.05, 4.69) is 22.5 Å². The first kappa shape index (κ1) is 39.6. The van der Waals surface area contributed by atoms with Gasteiger partial charge in [0.25, 0.3) is 0 Å². The molecule has 5 unspecified atom stereocenters. The van der Waals surface area contributed by atoms with Crippen molar-refractivity contribution in [3.05, 3.63) is 29.6 Å². The van der Waals surface area contributed by atoms with E-state index in [1.54, 1.807) is 24.1 Å². The summed E-state index contributed by atoms with van der Waals surface area (Å²) in [5.74, 6) is 0.430. The Morgan fingerprint density at radius 1 is 1.12 bits per heavy atom. The summed E-state index contributed by atoms with van der Waals surface area (Å²) in [4.78, 5) is 17.5. The number of likely N-dealkylation sites (tertiary alicyclic amines) is 2. The minimum atomic E-state index is -1.71. The van der Waals surface area contributed by atoms with Crippen molar-refractivity contribution in [2.24, 2.45) is 11.3 Å². The van der Waals surface area contributed by atoms with Crippen LogP contribution in [-0.4, -0.2) is 148 Å². The molecule has 3 heterocycles. The summed E-state index contributed by atoms with van der Waals surface area (Å²) in [6, 6.07) is 4.69. The van der Waals surface area contributed by atoms with Crippen molar-refractivity contribution in [3.63, 3.8) is 0 Å². The number of carbonyl (C=O) groups is 1. The third kappa shape index (κ3) is 8.75. The Bertz CT molecular complexity index is 1280. The number of piperidine rings is 1. The van der Waals surface area contributed by atoms with Gasteiger partial charge >= 0.3 is 0 Å². The van der Waals surface area contributed by atoms with E-state index in [1.165, 1.54) is 12.5 Å². The molecule has 0 bridgehead atoms. The third-order valence-corrected chi connectivity index (χ3v) is 12.5. The fourth-order valence-electron chi connectivity index (χ4n) is 8.62. The summed E-state index contributed by atoms with van der Waals surface area (Å²) in [6.07, 6.45) is 1.94. The molecule has 7 N–H and O–H groups in total. The second-order valence-corrected chi connectivity index (χ2v) is 15.8. The zero-order valence-electron chi connectivity index (χ0n) is 29.5. The third-order valence-electron chi connectivity index (χ3n) is 11.9. The number of ether oxygens (including phenoxy) is 2. The number of amides is 1. The number of hydrogen-bond acceptors (Lipinski definition) is 11. The maximum absolute atomic E-state index is 15.1. The van der Waals surface area contributed by atoms with Gasteiger partial charge in [0.05, 0.1) is 48.9 Å². The van der Waals surface area contributed by atoms with Crippen molar-refractivity contribution in [1.29, 1.82) is 0 Å². The largest absolute Gasteiger partial charge is 0.493 e. The molecule has 1 aliphatic carbocycles. The monoisotopic (exact) mass is 728 g/mol. The quantitative estimate of drug-likeness (QED) is 0.0652. The molecule has 3 aliphatic heterocycles. The van der Waals surface area contributed by atoms with E-state index in [1.807, 2.05) is 0 Å². The number of methoxy groups -OCH3 is 1. The van der Waals surface area contributed by atoms with Gasteiger partial charge in [-0.2, -0.15) is 0 Å². The zero-order valence-corrected chi connectivity index (χ0v) is 30.3. The molecule has 0 aromatic heterocycles. The first-order chi connectivity index (χ1) is 23.9. The zero-order chi connectivity index (χ0) is 36.1. The molecule has 1 aromatic rings. The summed E-state index contributed by atoms with van der Waals surface area (Å²) in [7, 11) is 1.56. The highest BCUT2D eigenvalue weighted by Crippen LogP contribution is 2.54. The molecule has 50 heavy (non-hydrogen) atoms. The van der Waals surface area contributed by atoms with Crippen LogP contribution >= 0.6 is 11.6 Å². The summed E-state index contributed by atoms with van der Waals surface area (Å²) < 4.78 is 26.4. The van der Waals surface area contributed by atoms with Crippen molar-refractivity contribution >= 4 is 17.5 Å². The lowest BCUT2D eigenvalue weighted by atomic mass is 9.88. The summed E-state index contributed by atoms with van der Waals surface area (Å²) in [6.45, 7) is 5.64. The lowest BCUT2D eigenvalue weighted by molar-refractivity contribution is -0.130. The number of alkyl halides is 1. The van der Waals surface area contributed by atoms with E-state index in [9.17, 15) is 25.2 Å². The number of nitrogens with one attached hydrogen (secondary N) is 2. The smallest absolute Gasteiger partial charge is 0.227 e. The number of aliphatic hydroxyl groups is 5. The van der Waals surface area contributed by atoms with E-state index in [-0.39, 0.29) is 35.5 Å². The van der Waals surface area contributed by atoms with Crippen molar-refractivity contribution < 1.29 is 44.2 Å². The molecular formula is C36H58ClFN4O8. The van der Waals surface area contributed by atoms with Gasteiger partial charge in [-0.1, -0.05) is 6.07 Å². The number of aliphatic hydroxyl groups excluding tert-OH is 5. The maximum Gasteiger partial charge on any atom is 0.227 e. The highest BCUT2D eigenvalue weighted by molar-refractivity contribution is 6.22. The van der Waals surface area contributed by atoms with Gasteiger partial charge in [0.1, 0.15) is 29.9 Å². The van der Waals surface area contributed by atoms with E-state index in [0.29, 0.717) is 56.5 Å². The molecule has 4 fully saturated rings. The summed E-state index contributed by atoms with van der Waals surface area (Å²) in [5, 5.41) is 55.7. The number of carbonyl (C=O) groups excluding carboxylic acids is 1. The Kier molecular flexibility index (Phi) is 13.5. The molecule has 4 aliphatic rings. The van der Waals surface area contributed by atoms with Gasteiger partial charge in [0.2, 0.25) is 5.91 Å². The first-order valence-electron chi connectivity index (χ1n) is 18.3. The number of hydrogen-bond donors (Lipinski definition) is 7. The average molecular weight is 729 g/mol. The van der Waals surface area contributed by atoms with Crippen LogP contribution in [0.25, 0.3) is 0 Å². The van der Waals surface area contributed by atoms with Crippen LogP contribution < -0.4 is 15.4 Å². The molecule has 14 heteroatoms. The topological polar surface area (TPSA) is 177 Å². The van der Waals surface area contributed by atoms with Gasteiger partial charge in [-0.25, -0.2) is 4.39 Å². The summed E-state index contributed by atoms with van der Waals surface area (Å²) in [5.41, 5.74) is -0.0410. The number of benzene rings is 1. The normalized spacial score (nSPS) is 31.2. The van der Waals surface area contributed by atoms with Gasteiger partial charge in [-0.05, 0) is 75.8 Å². The second kappa shape index (κ2) is 17.0. The minimum absolute atomic E-state index is 0.0317. The maximum atomic E-state index is 15.1. The molecule has 1 spiro atoms. The van der Waals surface area contributed by atoms with Crippen LogP contribution in [0.4, 0.5) is 4.39 Å². The Labute approximate surface area is 300 Å². The molecule has 3 saturated heterocycles. The van der Waals surface area contributed by atoms with Crippen LogP contribution in [0, 0.1) is 17.2 Å². The fraction of sp³-hybridized carbons (Fsp3) is 0.806. The van der Waals surface area contributed by atoms with Crippen molar-refractivity contribution in [3.8, 4) is 5.75 Å². The Balaban J connectivity index is 1.01. The molecular weight excluding hydrogens is 671 g/mol. The number of rotatable bonds is 18. The van der Waals surface area contributed by atoms with Gasteiger partial charge in [-0.3, -0.25) is 15.0 Å². The molecule has 284 valence electrons. The molecule has 1 saturated carbocycles. The lowest BCUT2D eigenvalue weighted by Crippen LogP contribution is -2.50. The van der Waals surface area contributed by atoms with Crippen molar-refractivity contribution in [2.75, 3.05) is 66.2 Å². The number of nitrogens with zero attached hydrogens (tertiary/aromatic N) is 2. The number of halogens is 2. The van der Waals surface area contributed by atoms with Gasteiger partial charge in [0.15, 0.2) is 0 Å². The molecule has 1 amide bonds. The molecule has 5 rings (SSSR count). The van der Waals surface area contributed by atoms with Crippen molar-refractivity contribution in [1.82, 2.24) is 20.4 Å². The summed E-state index contributed by atoms with van der Waals surface area (Å²) >= 11 is 6.69. The Hall–Kier alpha value is -1.65. The average Bonchev–Trinajstić information content (AvgIpc) is 3.32. The van der Waals surface area contributed by atoms with Crippen LogP contribution in [0.15, 0.2) is 18.2 Å². The molecule has 1 aromatic carbocycles. The fourth-order valence-corrected chi connectivity index (χ4v) is 9.15. The van der Waals surface area contributed by atoms with Crippen LogP contribution in [0.5, 0.6) is 5.75 Å². The predicted octanol–water partition coefficient (Wildman–Crippen LogP) is 0.979. The molecule has 8 atom stereocenters. The highest BCUT2D eigenvalue weighted by Gasteiger charge is 2.71. The van der Waals surface area contributed by atoms with Gasteiger partial charge in [0, 0.05) is 57.9 Å². The minimum Gasteiger partial charge on any atom is -0.493 e. The van der Waals surface area contributed by atoms with E-state index >= 15 is 4.39 Å². The molecule has 12 nitrogen and oxygen atoms in total. The van der Waals surface area contributed by atoms with E-state index < -0.39 is 42.3 Å².